The molecule has 0 heterocycles. The number of anilines is 2. The number of rotatable bonds is 6. The standard InChI is InChI=1S/C13H23N3/c1-15(2)12-6-8-13(9-7-12)16(3)11-5-4-10-14/h6-9H,4-5,10-11,14H2,1-3H3. The van der Waals surface area contributed by atoms with Gasteiger partial charge in [0.05, 0.1) is 0 Å². The molecule has 1 aromatic rings. The fourth-order valence-electron chi connectivity index (χ4n) is 1.63. The first kappa shape index (κ1) is 12.8. The molecule has 0 spiro atoms. The number of hydrogen-bond donors (Lipinski definition) is 1. The summed E-state index contributed by atoms with van der Waals surface area (Å²) < 4.78 is 0. The number of benzene rings is 1. The molecular formula is C13H23N3. The van der Waals surface area contributed by atoms with Crippen LogP contribution in [0.15, 0.2) is 24.3 Å². The molecule has 0 aliphatic heterocycles. The van der Waals surface area contributed by atoms with E-state index in [1.807, 2.05) is 0 Å². The van der Waals surface area contributed by atoms with Gasteiger partial charge in [0.1, 0.15) is 0 Å². The van der Waals surface area contributed by atoms with Crippen molar-refractivity contribution in [3.8, 4) is 0 Å². The lowest BCUT2D eigenvalue weighted by Gasteiger charge is -2.20. The fraction of sp³-hybridized carbons (Fsp3) is 0.538. The second kappa shape index (κ2) is 6.38. The Kier molecular flexibility index (Phi) is 5.12. The van der Waals surface area contributed by atoms with Crippen LogP contribution in [0.25, 0.3) is 0 Å². The third-order valence-corrected chi connectivity index (χ3v) is 2.75. The summed E-state index contributed by atoms with van der Waals surface area (Å²) >= 11 is 0. The van der Waals surface area contributed by atoms with Gasteiger partial charge < -0.3 is 15.5 Å². The van der Waals surface area contributed by atoms with E-state index in [-0.39, 0.29) is 0 Å². The van der Waals surface area contributed by atoms with Crippen LogP contribution in [0.3, 0.4) is 0 Å². The molecule has 2 N–H and O–H groups in total. The molecule has 0 atom stereocenters. The SMILES string of the molecule is CN(C)c1ccc(N(C)CCCCN)cc1. The molecule has 3 nitrogen and oxygen atoms in total. The molecule has 1 aromatic carbocycles. The quantitative estimate of drug-likeness (QED) is 0.745. The highest BCUT2D eigenvalue weighted by Gasteiger charge is 2.01. The van der Waals surface area contributed by atoms with Gasteiger partial charge in [0.25, 0.3) is 0 Å². The van der Waals surface area contributed by atoms with Crippen LogP contribution in [-0.4, -0.2) is 34.2 Å². The summed E-state index contributed by atoms with van der Waals surface area (Å²) in [7, 11) is 6.24. The summed E-state index contributed by atoms with van der Waals surface area (Å²) in [5, 5.41) is 0. The van der Waals surface area contributed by atoms with Gasteiger partial charge in [-0.3, -0.25) is 0 Å². The highest BCUT2D eigenvalue weighted by Crippen LogP contribution is 2.18. The zero-order valence-electron chi connectivity index (χ0n) is 10.6. The monoisotopic (exact) mass is 221 g/mol. The van der Waals surface area contributed by atoms with Gasteiger partial charge in [-0.1, -0.05) is 0 Å². The number of hydrogen-bond acceptors (Lipinski definition) is 3. The molecule has 0 aromatic heterocycles. The van der Waals surface area contributed by atoms with Crippen molar-refractivity contribution in [3.05, 3.63) is 24.3 Å². The molecule has 16 heavy (non-hydrogen) atoms. The first-order chi connectivity index (χ1) is 7.65. The Balaban J connectivity index is 2.52. The van der Waals surface area contributed by atoms with E-state index in [9.17, 15) is 0 Å². The summed E-state index contributed by atoms with van der Waals surface area (Å²) in [5.74, 6) is 0. The van der Waals surface area contributed by atoms with Crippen LogP contribution in [-0.2, 0) is 0 Å². The summed E-state index contributed by atoms with van der Waals surface area (Å²) in [6, 6.07) is 8.62. The summed E-state index contributed by atoms with van der Waals surface area (Å²) in [5.41, 5.74) is 7.98. The van der Waals surface area contributed by atoms with Crippen LogP contribution in [0.2, 0.25) is 0 Å². The fourth-order valence-corrected chi connectivity index (χ4v) is 1.63. The van der Waals surface area contributed by atoms with Crippen molar-refractivity contribution in [1.29, 1.82) is 0 Å². The van der Waals surface area contributed by atoms with Crippen molar-refractivity contribution in [2.75, 3.05) is 44.0 Å². The molecule has 0 unspecified atom stereocenters. The third-order valence-electron chi connectivity index (χ3n) is 2.75. The normalized spacial score (nSPS) is 10.2. The molecule has 0 aliphatic carbocycles. The molecule has 0 saturated heterocycles. The maximum atomic E-state index is 5.48. The number of unbranched alkanes of at least 4 members (excludes halogenated alkanes) is 1. The van der Waals surface area contributed by atoms with Crippen molar-refractivity contribution in [1.82, 2.24) is 0 Å². The van der Waals surface area contributed by atoms with Gasteiger partial charge in [-0.25, -0.2) is 0 Å². The molecule has 0 saturated carbocycles. The minimum absolute atomic E-state index is 0.785. The van der Waals surface area contributed by atoms with Crippen LogP contribution in [0.1, 0.15) is 12.8 Å². The third kappa shape index (κ3) is 3.74. The minimum atomic E-state index is 0.785. The van der Waals surface area contributed by atoms with Crippen LogP contribution < -0.4 is 15.5 Å². The lowest BCUT2D eigenvalue weighted by molar-refractivity contribution is 0.728. The molecule has 1 rings (SSSR count). The van der Waals surface area contributed by atoms with Gasteiger partial charge in [0.2, 0.25) is 0 Å². The molecule has 0 radical (unpaired) electrons. The molecule has 0 bridgehead atoms. The smallest absolute Gasteiger partial charge is 0.0365 e. The van der Waals surface area contributed by atoms with E-state index >= 15 is 0 Å². The van der Waals surface area contributed by atoms with E-state index in [1.54, 1.807) is 0 Å². The Morgan fingerprint density at radius 3 is 2.00 bits per heavy atom. The molecule has 3 heteroatoms. The first-order valence-corrected chi connectivity index (χ1v) is 5.83. The van der Waals surface area contributed by atoms with Crippen LogP contribution in [0.4, 0.5) is 11.4 Å². The summed E-state index contributed by atoms with van der Waals surface area (Å²) in [6.07, 6.45) is 2.25. The zero-order chi connectivity index (χ0) is 12.0. The van der Waals surface area contributed by atoms with Crippen LogP contribution >= 0.6 is 0 Å². The lowest BCUT2D eigenvalue weighted by atomic mass is 10.2. The largest absolute Gasteiger partial charge is 0.378 e. The van der Waals surface area contributed by atoms with Gasteiger partial charge in [0.15, 0.2) is 0 Å². The predicted molar refractivity (Wildman–Crippen MR) is 72.3 cm³/mol. The molecule has 0 fully saturated rings. The molecule has 90 valence electrons. The van der Waals surface area contributed by atoms with Crippen molar-refractivity contribution in [2.24, 2.45) is 5.73 Å². The van der Waals surface area contributed by atoms with Gasteiger partial charge in [-0.2, -0.15) is 0 Å². The molecular weight excluding hydrogens is 198 g/mol. The van der Waals surface area contributed by atoms with Crippen LogP contribution in [0.5, 0.6) is 0 Å². The van der Waals surface area contributed by atoms with Crippen molar-refractivity contribution < 1.29 is 0 Å². The second-order valence-electron chi connectivity index (χ2n) is 4.33. The van der Waals surface area contributed by atoms with E-state index in [2.05, 4.69) is 55.2 Å². The van der Waals surface area contributed by atoms with Crippen LogP contribution in [0, 0.1) is 0 Å². The van der Waals surface area contributed by atoms with Gasteiger partial charge in [0, 0.05) is 39.1 Å². The Bertz CT molecular complexity index is 293. The van der Waals surface area contributed by atoms with Gasteiger partial charge in [-0.05, 0) is 43.7 Å². The maximum absolute atomic E-state index is 5.48. The van der Waals surface area contributed by atoms with Gasteiger partial charge >= 0.3 is 0 Å². The Morgan fingerprint density at radius 2 is 1.50 bits per heavy atom. The van der Waals surface area contributed by atoms with Gasteiger partial charge in [-0.15, -0.1) is 0 Å². The second-order valence-corrected chi connectivity index (χ2v) is 4.33. The van der Waals surface area contributed by atoms with Crippen molar-refractivity contribution >= 4 is 11.4 Å². The highest BCUT2D eigenvalue weighted by atomic mass is 15.1. The highest BCUT2D eigenvalue weighted by molar-refractivity contribution is 5.55. The maximum Gasteiger partial charge on any atom is 0.0365 e. The van der Waals surface area contributed by atoms with E-state index in [4.69, 9.17) is 5.73 Å². The number of nitrogens with zero attached hydrogens (tertiary/aromatic N) is 2. The Hall–Kier alpha value is -1.22. The average molecular weight is 221 g/mol. The van der Waals surface area contributed by atoms with E-state index in [1.165, 1.54) is 11.4 Å². The predicted octanol–water partition coefficient (Wildman–Crippen LogP) is 1.93. The van der Waals surface area contributed by atoms with E-state index < -0.39 is 0 Å². The number of nitrogens with two attached hydrogens (primary N) is 1. The van der Waals surface area contributed by atoms with E-state index in [0.29, 0.717) is 0 Å². The molecule has 0 aliphatic rings. The zero-order valence-corrected chi connectivity index (χ0v) is 10.6. The Labute approximate surface area is 98.8 Å². The van der Waals surface area contributed by atoms with Crippen molar-refractivity contribution in [2.45, 2.75) is 12.8 Å². The molecule has 0 amide bonds. The lowest BCUT2D eigenvalue weighted by Crippen LogP contribution is -2.19. The summed E-state index contributed by atoms with van der Waals surface area (Å²) in [6.45, 7) is 1.85. The topological polar surface area (TPSA) is 32.5 Å². The summed E-state index contributed by atoms with van der Waals surface area (Å²) in [4.78, 5) is 4.38. The average Bonchev–Trinajstić information content (AvgIpc) is 2.29. The van der Waals surface area contributed by atoms with Crippen molar-refractivity contribution in [3.63, 3.8) is 0 Å². The first-order valence-electron chi connectivity index (χ1n) is 5.83. The van der Waals surface area contributed by atoms with E-state index in [0.717, 1.165) is 25.9 Å². The minimum Gasteiger partial charge on any atom is -0.378 e. The Morgan fingerprint density at radius 1 is 0.938 bits per heavy atom.